The molecule has 0 aliphatic rings. The number of rotatable bonds is 7. The summed E-state index contributed by atoms with van der Waals surface area (Å²) in [6, 6.07) is 24.2. The van der Waals surface area contributed by atoms with E-state index in [0.717, 1.165) is 10.5 Å². The largest absolute Gasteiger partial charge is 0.337 e. The quantitative estimate of drug-likeness (QED) is 0.520. The van der Waals surface area contributed by atoms with Crippen LogP contribution in [-0.4, -0.2) is 29.5 Å². The van der Waals surface area contributed by atoms with Crippen LogP contribution in [-0.2, 0) is 11.3 Å². The molecule has 6 heteroatoms. The van der Waals surface area contributed by atoms with Gasteiger partial charge in [0.25, 0.3) is 5.91 Å². The summed E-state index contributed by atoms with van der Waals surface area (Å²) in [4.78, 5) is 27.9. The van der Waals surface area contributed by atoms with Crippen LogP contribution in [0.1, 0.15) is 15.9 Å². The van der Waals surface area contributed by atoms with Crippen molar-refractivity contribution in [2.75, 3.05) is 18.1 Å². The number of anilines is 1. The zero-order chi connectivity index (χ0) is 20.6. The maximum atomic E-state index is 12.9. The minimum absolute atomic E-state index is 0.143. The zero-order valence-corrected chi connectivity index (χ0v) is 17.5. The van der Waals surface area contributed by atoms with E-state index in [2.05, 4.69) is 5.32 Å². The van der Waals surface area contributed by atoms with E-state index in [1.165, 1.54) is 11.8 Å². The van der Waals surface area contributed by atoms with Gasteiger partial charge >= 0.3 is 0 Å². The predicted octanol–water partition coefficient (Wildman–Crippen LogP) is 5.34. The van der Waals surface area contributed by atoms with Crippen molar-refractivity contribution in [2.24, 2.45) is 0 Å². The minimum atomic E-state index is -0.170. The normalized spacial score (nSPS) is 10.4. The highest BCUT2D eigenvalue weighted by Gasteiger charge is 2.17. The van der Waals surface area contributed by atoms with E-state index in [4.69, 9.17) is 11.6 Å². The molecule has 3 aromatic rings. The van der Waals surface area contributed by atoms with Crippen LogP contribution in [0.2, 0.25) is 5.02 Å². The maximum Gasteiger partial charge on any atom is 0.256 e. The Morgan fingerprint density at radius 1 is 0.931 bits per heavy atom. The molecule has 0 aliphatic heterocycles. The number of thioether (sulfide) groups is 1. The molecule has 0 saturated heterocycles. The number of nitrogens with one attached hydrogen (secondary N) is 1. The summed E-state index contributed by atoms with van der Waals surface area (Å²) in [6.45, 7) is 0.494. The Hall–Kier alpha value is -2.76. The van der Waals surface area contributed by atoms with Gasteiger partial charge in [0.15, 0.2) is 0 Å². The maximum absolute atomic E-state index is 12.9. The first-order valence-electron chi connectivity index (χ1n) is 9.09. The highest BCUT2D eigenvalue weighted by Crippen LogP contribution is 2.22. The van der Waals surface area contributed by atoms with Gasteiger partial charge in [-0.3, -0.25) is 9.59 Å². The number of halogens is 1. The second-order valence-corrected chi connectivity index (χ2v) is 7.97. The Kier molecular flexibility index (Phi) is 7.33. The van der Waals surface area contributed by atoms with Gasteiger partial charge in [0.1, 0.15) is 0 Å². The summed E-state index contributed by atoms with van der Waals surface area (Å²) in [5, 5.41) is 3.52. The molecule has 2 amide bonds. The summed E-state index contributed by atoms with van der Waals surface area (Å²) in [5.74, 6) is -0.0738. The van der Waals surface area contributed by atoms with Gasteiger partial charge in [0.05, 0.1) is 17.0 Å². The third kappa shape index (κ3) is 6.11. The number of amides is 2. The van der Waals surface area contributed by atoms with Crippen molar-refractivity contribution in [1.29, 1.82) is 0 Å². The molecule has 1 N–H and O–H groups in total. The van der Waals surface area contributed by atoms with E-state index >= 15 is 0 Å². The molecule has 0 unspecified atom stereocenters. The average molecular weight is 425 g/mol. The van der Waals surface area contributed by atoms with E-state index in [0.29, 0.717) is 22.8 Å². The Balaban J connectivity index is 1.63. The van der Waals surface area contributed by atoms with Crippen LogP contribution in [0.15, 0.2) is 83.8 Å². The third-order valence-corrected chi connectivity index (χ3v) is 5.49. The van der Waals surface area contributed by atoms with Crippen molar-refractivity contribution in [2.45, 2.75) is 11.4 Å². The molecule has 0 fully saturated rings. The molecule has 3 aromatic carbocycles. The standard InChI is InChI=1S/C23H21ClN2O2S/c1-26(15-17-7-3-2-4-8-17)23(28)20-9-5-6-10-21(20)25-22(27)16-29-19-13-11-18(24)12-14-19/h2-14H,15-16H2,1H3,(H,25,27). The van der Waals surface area contributed by atoms with Crippen molar-refractivity contribution < 1.29 is 9.59 Å². The lowest BCUT2D eigenvalue weighted by atomic mass is 10.1. The van der Waals surface area contributed by atoms with Crippen molar-refractivity contribution in [3.63, 3.8) is 0 Å². The van der Waals surface area contributed by atoms with Crippen molar-refractivity contribution in [3.05, 3.63) is 95.0 Å². The van der Waals surface area contributed by atoms with Gasteiger partial charge < -0.3 is 10.2 Å². The fourth-order valence-electron chi connectivity index (χ4n) is 2.78. The number of hydrogen-bond acceptors (Lipinski definition) is 3. The van der Waals surface area contributed by atoms with Crippen molar-refractivity contribution in [3.8, 4) is 0 Å². The fraction of sp³-hybridized carbons (Fsp3) is 0.130. The Morgan fingerprint density at radius 3 is 2.31 bits per heavy atom. The summed E-state index contributed by atoms with van der Waals surface area (Å²) >= 11 is 7.29. The van der Waals surface area contributed by atoms with Crippen LogP contribution >= 0.6 is 23.4 Å². The first kappa shape index (κ1) is 21.0. The van der Waals surface area contributed by atoms with Gasteiger partial charge in [-0.15, -0.1) is 11.8 Å². The van der Waals surface area contributed by atoms with E-state index in [-0.39, 0.29) is 17.6 Å². The lowest BCUT2D eigenvalue weighted by molar-refractivity contribution is -0.113. The highest BCUT2D eigenvalue weighted by atomic mass is 35.5. The van der Waals surface area contributed by atoms with Gasteiger partial charge in [-0.05, 0) is 42.0 Å². The number of nitrogens with zero attached hydrogens (tertiary/aromatic N) is 1. The van der Waals surface area contributed by atoms with Crippen LogP contribution in [0.5, 0.6) is 0 Å². The van der Waals surface area contributed by atoms with Crippen LogP contribution in [0.3, 0.4) is 0 Å². The van der Waals surface area contributed by atoms with Crippen LogP contribution in [0, 0.1) is 0 Å². The molecule has 0 saturated carbocycles. The van der Waals surface area contributed by atoms with Crippen LogP contribution in [0.25, 0.3) is 0 Å². The minimum Gasteiger partial charge on any atom is -0.337 e. The van der Waals surface area contributed by atoms with Crippen molar-refractivity contribution in [1.82, 2.24) is 4.90 Å². The molecule has 0 radical (unpaired) electrons. The highest BCUT2D eigenvalue weighted by molar-refractivity contribution is 8.00. The average Bonchev–Trinajstić information content (AvgIpc) is 2.74. The zero-order valence-electron chi connectivity index (χ0n) is 16.0. The smallest absolute Gasteiger partial charge is 0.256 e. The van der Waals surface area contributed by atoms with Crippen LogP contribution < -0.4 is 5.32 Å². The van der Waals surface area contributed by atoms with Gasteiger partial charge in [0.2, 0.25) is 5.91 Å². The van der Waals surface area contributed by atoms with E-state index < -0.39 is 0 Å². The van der Waals surface area contributed by atoms with Gasteiger partial charge in [0, 0.05) is 23.5 Å². The number of hydrogen-bond donors (Lipinski definition) is 1. The molecule has 0 atom stereocenters. The molecule has 0 bridgehead atoms. The van der Waals surface area contributed by atoms with Gasteiger partial charge in [-0.1, -0.05) is 54.1 Å². The second-order valence-electron chi connectivity index (χ2n) is 6.48. The van der Waals surface area contributed by atoms with E-state index in [9.17, 15) is 9.59 Å². The number of carbonyl (C=O) groups excluding carboxylic acids is 2. The topological polar surface area (TPSA) is 49.4 Å². The molecule has 0 aliphatic carbocycles. The third-order valence-electron chi connectivity index (χ3n) is 4.22. The van der Waals surface area contributed by atoms with Crippen LogP contribution in [0.4, 0.5) is 5.69 Å². The first-order valence-corrected chi connectivity index (χ1v) is 10.5. The summed E-state index contributed by atoms with van der Waals surface area (Å²) in [7, 11) is 1.75. The molecule has 4 nitrogen and oxygen atoms in total. The number of benzene rings is 3. The molecule has 0 spiro atoms. The van der Waals surface area contributed by atoms with E-state index in [1.807, 2.05) is 42.5 Å². The van der Waals surface area contributed by atoms with Gasteiger partial charge in [-0.2, -0.15) is 0 Å². The Labute approximate surface area is 179 Å². The predicted molar refractivity (Wildman–Crippen MR) is 119 cm³/mol. The molecule has 29 heavy (non-hydrogen) atoms. The monoisotopic (exact) mass is 424 g/mol. The lowest BCUT2D eigenvalue weighted by Gasteiger charge is -2.19. The molecular formula is C23H21ClN2O2S. The molecule has 0 heterocycles. The summed E-state index contributed by atoms with van der Waals surface area (Å²) in [6.07, 6.45) is 0. The number of carbonyl (C=O) groups is 2. The molecule has 0 aromatic heterocycles. The fourth-order valence-corrected chi connectivity index (χ4v) is 3.60. The Bertz CT molecular complexity index is 978. The molecule has 3 rings (SSSR count). The van der Waals surface area contributed by atoms with E-state index in [1.54, 1.807) is 48.3 Å². The summed E-state index contributed by atoms with van der Waals surface area (Å²) in [5.41, 5.74) is 2.03. The number of para-hydroxylation sites is 1. The first-order chi connectivity index (χ1) is 14.0. The Morgan fingerprint density at radius 2 is 1.59 bits per heavy atom. The van der Waals surface area contributed by atoms with Crippen molar-refractivity contribution >= 4 is 40.9 Å². The second kappa shape index (κ2) is 10.1. The molecular weight excluding hydrogens is 404 g/mol. The SMILES string of the molecule is CN(Cc1ccccc1)C(=O)c1ccccc1NC(=O)CSc1ccc(Cl)cc1. The lowest BCUT2D eigenvalue weighted by Crippen LogP contribution is -2.27. The molecule has 148 valence electrons. The van der Waals surface area contributed by atoms with Gasteiger partial charge in [-0.25, -0.2) is 0 Å². The summed E-state index contributed by atoms with van der Waals surface area (Å²) < 4.78 is 0.